The van der Waals surface area contributed by atoms with Crippen molar-refractivity contribution >= 4 is 5.91 Å². The molecule has 1 fully saturated rings. The van der Waals surface area contributed by atoms with Gasteiger partial charge < -0.3 is 11.1 Å². The molecule has 0 aliphatic heterocycles. The summed E-state index contributed by atoms with van der Waals surface area (Å²) in [6, 6.07) is 2.91. The van der Waals surface area contributed by atoms with Crippen LogP contribution in [0.3, 0.4) is 0 Å². The first-order valence-corrected chi connectivity index (χ1v) is 6.48. The first-order valence-electron chi connectivity index (χ1n) is 6.48. The van der Waals surface area contributed by atoms with Crippen LogP contribution in [0.1, 0.15) is 44.2 Å². The van der Waals surface area contributed by atoms with Gasteiger partial charge in [0.05, 0.1) is 11.6 Å². The van der Waals surface area contributed by atoms with Gasteiger partial charge in [-0.25, -0.2) is 8.78 Å². The average molecular weight is 268 g/mol. The first kappa shape index (κ1) is 13.9. The Morgan fingerprint density at radius 1 is 1.32 bits per heavy atom. The number of hydrogen-bond acceptors (Lipinski definition) is 2. The van der Waals surface area contributed by atoms with Crippen molar-refractivity contribution in [3.8, 4) is 0 Å². The molecule has 1 unspecified atom stereocenters. The fraction of sp³-hybridized carbons (Fsp3) is 0.500. The van der Waals surface area contributed by atoms with Gasteiger partial charge in [0.1, 0.15) is 11.6 Å². The molecule has 0 spiro atoms. The van der Waals surface area contributed by atoms with E-state index in [2.05, 4.69) is 5.32 Å². The molecule has 1 aromatic carbocycles. The number of rotatable bonds is 3. The normalized spacial score (nSPS) is 19.2. The summed E-state index contributed by atoms with van der Waals surface area (Å²) < 4.78 is 27.2. The van der Waals surface area contributed by atoms with Crippen molar-refractivity contribution in [1.82, 2.24) is 5.32 Å². The molecule has 3 nitrogen and oxygen atoms in total. The van der Waals surface area contributed by atoms with Gasteiger partial charge in [-0.15, -0.1) is 0 Å². The molecule has 1 amide bonds. The maximum absolute atomic E-state index is 13.6. The van der Waals surface area contributed by atoms with E-state index < -0.39 is 23.2 Å². The second kappa shape index (κ2) is 5.25. The van der Waals surface area contributed by atoms with Gasteiger partial charge in [-0.3, -0.25) is 4.79 Å². The SMILES string of the molecule is CC(NC(=O)C1(N)CCCC1)c1c(F)cccc1F. The predicted octanol–water partition coefficient (Wildman–Crippen LogP) is 2.41. The minimum absolute atomic E-state index is 0.127. The van der Waals surface area contributed by atoms with Crippen molar-refractivity contribution in [1.29, 1.82) is 0 Å². The van der Waals surface area contributed by atoms with E-state index in [1.807, 2.05) is 0 Å². The van der Waals surface area contributed by atoms with Crippen molar-refractivity contribution in [2.24, 2.45) is 5.73 Å². The van der Waals surface area contributed by atoms with Gasteiger partial charge in [0.15, 0.2) is 0 Å². The van der Waals surface area contributed by atoms with E-state index in [1.165, 1.54) is 18.2 Å². The van der Waals surface area contributed by atoms with Gasteiger partial charge in [0.2, 0.25) is 5.91 Å². The molecule has 1 saturated carbocycles. The van der Waals surface area contributed by atoms with E-state index in [4.69, 9.17) is 5.73 Å². The standard InChI is InChI=1S/C14H18F2N2O/c1-9(12-10(15)5-4-6-11(12)16)18-13(19)14(17)7-2-3-8-14/h4-6,9H,2-3,7-8,17H2,1H3,(H,18,19). The van der Waals surface area contributed by atoms with Crippen molar-refractivity contribution < 1.29 is 13.6 Å². The molecular weight excluding hydrogens is 250 g/mol. The van der Waals surface area contributed by atoms with Gasteiger partial charge in [-0.1, -0.05) is 18.9 Å². The summed E-state index contributed by atoms with van der Waals surface area (Å²) in [5, 5.41) is 2.62. The second-order valence-electron chi connectivity index (χ2n) is 5.19. The van der Waals surface area contributed by atoms with Crippen LogP contribution in [-0.2, 0) is 4.79 Å². The summed E-state index contributed by atoms with van der Waals surface area (Å²) in [4.78, 5) is 12.1. The highest BCUT2D eigenvalue weighted by molar-refractivity contribution is 5.86. The lowest BCUT2D eigenvalue weighted by molar-refractivity contribution is -0.126. The largest absolute Gasteiger partial charge is 0.348 e. The van der Waals surface area contributed by atoms with E-state index >= 15 is 0 Å². The molecule has 0 aromatic heterocycles. The summed E-state index contributed by atoms with van der Waals surface area (Å²) in [7, 11) is 0. The highest BCUT2D eigenvalue weighted by Crippen LogP contribution is 2.28. The van der Waals surface area contributed by atoms with Crippen molar-refractivity contribution in [3.05, 3.63) is 35.4 Å². The fourth-order valence-corrected chi connectivity index (χ4v) is 2.57. The Morgan fingerprint density at radius 3 is 2.37 bits per heavy atom. The maximum atomic E-state index is 13.6. The Labute approximate surface area is 111 Å². The number of nitrogens with two attached hydrogens (primary N) is 1. The zero-order valence-electron chi connectivity index (χ0n) is 10.9. The summed E-state index contributed by atoms with van der Waals surface area (Å²) >= 11 is 0. The molecule has 0 bridgehead atoms. The quantitative estimate of drug-likeness (QED) is 0.884. The van der Waals surface area contributed by atoms with Crippen LogP contribution in [0.2, 0.25) is 0 Å². The van der Waals surface area contributed by atoms with Crippen molar-refractivity contribution in [3.63, 3.8) is 0 Å². The molecule has 1 atom stereocenters. The molecule has 19 heavy (non-hydrogen) atoms. The highest BCUT2D eigenvalue weighted by atomic mass is 19.1. The summed E-state index contributed by atoms with van der Waals surface area (Å²) in [5.41, 5.74) is 4.99. The van der Waals surface area contributed by atoms with E-state index in [1.54, 1.807) is 6.92 Å². The van der Waals surface area contributed by atoms with Crippen LogP contribution in [0.25, 0.3) is 0 Å². The zero-order valence-corrected chi connectivity index (χ0v) is 10.9. The van der Waals surface area contributed by atoms with Crippen LogP contribution < -0.4 is 11.1 Å². The Kier molecular flexibility index (Phi) is 3.85. The van der Waals surface area contributed by atoms with Crippen LogP contribution in [0.5, 0.6) is 0 Å². The van der Waals surface area contributed by atoms with Crippen molar-refractivity contribution in [2.75, 3.05) is 0 Å². The number of carbonyl (C=O) groups is 1. The molecule has 0 radical (unpaired) electrons. The lowest BCUT2D eigenvalue weighted by Crippen LogP contribution is -2.52. The number of benzene rings is 1. The van der Waals surface area contributed by atoms with Gasteiger partial charge in [0, 0.05) is 5.56 Å². The van der Waals surface area contributed by atoms with Gasteiger partial charge in [0.25, 0.3) is 0 Å². The lowest BCUT2D eigenvalue weighted by Gasteiger charge is -2.25. The molecule has 1 aliphatic rings. The Bertz CT molecular complexity index is 464. The van der Waals surface area contributed by atoms with E-state index in [9.17, 15) is 13.6 Å². The molecule has 0 saturated heterocycles. The molecule has 5 heteroatoms. The fourth-order valence-electron chi connectivity index (χ4n) is 2.57. The highest BCUT2D eigenvalue weighted by Gasteiger charge is 2.37. The van der Waals surface area contributed by atoms with Crippen LogP contribution in [0, 0.1) is 11.6 Å². The van der Waals surface area contributed by atoms with Gasteiger partial charge in [-0.2, -0.15) is 0 Å². The van der Waals surface area contributed by atoms with E-state index in [0.717, 1.165) is 12.8 Å². The third kappa shape index (κ3) is 2.76. The van der Waals surface area contributed by atoms with Crippen molar-refractivity contribution in [2.45, 2.75) is 44.2 Å². The molecule has 2 rings (SSSR count). The predicted molar refractivity (Wildman–Crippen MR) is 68.3 cm³/mol. The summed E-state index contributed by atoms with van der Waals surface area (Å²) in [5.74, 6) is -1.66. The number of halogens is 2. The third-order valence-corrected chi connectivity index (χ3v) is 3.73. The van der Waals surface area contributed by atoms with Gasteiger partial charge in [-0.05, 0) is 31.9 Å². The number of carbonyl (C=O) groups excluding carboxylic acids is 1. The average Bonchev–Trinajstić information content (AvgIpc) is 2.77. The van der Waals surface area contributed by atoms with Crippen LogP contribution in [0.4, 0.5) is 8.78 Å². The van der Waals surface area contributed by atoms with Crippen LogP contribution in [0.15, 0.2) is 18.2 Å². The molecular formula is C14H18F2N2O. The molecule has 0 heterocycles. The Balaban J connectivity index is 2.13. The Hall–Kier alpha value is -1.49. The first-order chi connectivity index (χ1) is 8.94. The van der Waals surface area contributed by atoms with Crippen LogP contribution in [-0.4, -0.2) is 11.4 Å². The zero-order chi connectivity index (χ0) is 14.0. The topological polar surface area (TPSA) is 55.1 Å². The number of amides is 1. The second-order valence-corrected chi connectivity index (χ2v) is 5.19. The maximum Gasteiger partial charge on any atom is 0.240 e. The number of nitrogens with one attached hydrogen (secondary N) is 1. The monoisotopic (exact) mass is 268 g/mol. The molecule has 3 N–H and O–H groups in total. The molecule has 1 aromatic rings. The molecule has 1 aliphatic carbocycles. The minimum Gasteiger partial charge on any atom is -0.348 e. The smallest absolute Gasteiger partial charge is 0.240 e. The Morgan fingerprint density at radius 2 is 1.84 bits per heavy atom. The van der Waals surface area contributed by atoms with Gasteiger partial charge >= 0.3 is 0 Å². The van der Waals surface area contributed by atoms with Crippen LogP contribution >= 0.6 is 0 Å². The summed E-state index contributed by atoms with van der Waals surface area (Å²) in [6.07, 6.45) is 3.05. The summed E-state index contributed by atoms with van der Waals surface area (Å²) in [6.45, 7) is 1.55. The molecule has 104 valence electrons. The number of hydrogen-bond donors (Lipinski definition) is 2. The third-order valence-electron chi connectivity index (χ3n) is 3.73. The lowest BCUT2D eigenvalue weighted by atomic mass is 9.97. The minimum atomic E-state index is -0.893. The van der Waals surface area contributed by atoms with E-state index in [0.29, 0.717) is 12.8 Å². The van der Waals surface area contributed by atoms with E-state index in [-0.39, 0.29) is 11.5 Å².